The van der Waals surface area contributed by atoms with Crippen molar-refractivity contribution in [3.05, 3.63) is 34.3 Å². The van der Waals surface area contributed by atoms with E-state index in [-0.39, 0.29) is 6.04 Å². The molecule has 19 heavy (non-hydrogen) atoms. The van der Waals surface area contributed by atoms with E-state index < -0.39 is 0 Å². The summed E-state index contributed by atoms with van der Waals surface area (Å²) < 4.78 is 0. The van der Waals surface area contributed by atoms with E-state index in [1.54, 1.807) is 11.3 Å². The first-order chi connectivity index (χ1) is 9.06. The van der Waals surface area contributed by atoms with Gasteiger partial charge in [-0.15, -0.1) is 11.3 Å². The van der Waals surface area contributed by atoms with Crippen molar-refractivity contribution in [3.8, 4) is 10.6 Å². The second kappa shape index (κ2) is 4.62. The molecule has 2 heterocycles. The fourth-order valence-electron chi connectivity index (χ4n) is 2.65. The molecule has 4 heteroatoms. The van der Waals surface area contributed by atoms with Crippen LogP contribution in [-0.4, -0.2) is 18.6 Å². The molecule has 1 unspecified atom stereocenters. The molecule has 0 spiro atoms. The quantitative estimate of drug-likeness (QED) is 0.914. The van der Waals surface area contributed by atoms with Crippen LogP contribution in [0.5, 0.6) is 0 Å². The Kier molecular flexibility index (Phi) is 3.07. The van der Waals surface area contributed by atoms with Gasteiger partial charge in [0, 0.05) is 35.8 Å². The zero-order valence-corrected chi connectivity index (χ0v) is 12.4. The summed E-state index contributed by atoms with van der Waals surface area (Å²) >= 11 is 1.72. The van der Waals surface area contributed by atoms with E-state index in [4.69, 9.17) is 5.73 Å². The summed E-state index contributed by atoms with van der Waals surface area (Å²) in [6, 6.07) is 6.72. The van der Waals surface area contributed by atoms with Crippen molar-refractivity contribution in [1.82, 2.24) is 4.98 Å². The number of aromatic nitrogens is 1. The lowest BCUT2D eigenvalue weighted by atomic mass is 10.1. The Labute approximate surface area is 118 Å². The van der Waals surface area contributed by atoms with Crippen molar-refractivity contribution < 1.29 is 0 Å². The van der Waals surface area contributed by atoms with Crippen LogP contribution in [0.4, 0.5) is 5.69 Å². The van der Waals surface area contributed by atoms with Gasteiger partial charge in [-0.1, -0.05) is 0 Å². The van der Waals surface area contributed by atoms with Crippen molar-refractivity contribution in [1.29, 1.82) is 0 Å². The van der Waals surface area contributed by atoms with Crippen molar-refractivity contribution in [2.24, 2.45) is 5.73 Å². The van der Waals surface area contributed by atoms with Crippen molar-refractivity contribution in [2.45, 2.75) is 26.3 Å². The highest BCUT2D eigenvalue weighted by Crippen LogP contribution is 2.35. The first kappa shape index (κ1) is 12.6. The number of aryl methyl sites for hydroxylation is 1. The number of thiazole rings is 1. The molecule has 0 saturated heterocycles. The minimum absolute atomic E-state index is 0.0619. The molecule has 1 atom stereocenters. The predicted octanol–water partition coefficient (Wildman–Crippen LogP) is 3.13. The predicted molar refractivity (Wildman–Crippen MR) is 81.9 cm³/mol. The average molecular weight is 273 g/mol. The zero-order chi connectivity index (χ0) is 13.6. The van der Waals surface area contributed by atoms with Crippen LogP contribution >= 0.6 is 11.3 Å². The Morgan fingerprint density at radius 1 is 1.42 bits per heavy atom. The number of nitrogens with zero attached hydrogens (tertiary/aromatic N) is 2. The first-order valence-corrected chi connectivity index (χ1v) is 7.45. The fraction of sp³-hybridized carbons (Fsp3) is 0.400. The molecule has 0 aliphatic carbocycles. The SMILES string of the molecule is Cc1nc(-c2ccc3c(c2)CCN3C)sc1C(C)N. The fourth-order valence-corrected chi connectivity index (χ4v) is 3.67. The largest absolute Gasteiger partial charge is 0.374 e. The number of hydrogen-bond donors (Lipinski definition) is 1. The maximum atomic E-state index is 5.98. The molecule has 2 aromatic rings. The van der Waals surface area contributed by atoms with Gasteiger partial charge in [0.05, 0.1) is 5.69 Å². The first-order valence-electron chi connectivity index (χ1n) is 6.63. The number of hydrogen-bond acceptors (Lipinski definition) is 4. The van der Waals surface area contributed by atoms with Gasteiger partial charge in [-0.05, 0) is 44.0 Å². The van der Waals surface area contributed by atoms with Gasteiger partial charge in [0.2, 0.25) is 0 Å². The normalized spacial score (nSPS) is 15.7. The van der Waals surface area contributed by atoms with Crippen LogP contribution in [0.1, 0.15) is 29.1 Å². The van der Waals surface area contributed by atoms with Crippen LogP contribution in [0.15, 0.2) is 18.2 Å². The smallest absolute Gasteiger partial charge is 0.123 e. The van der Waals surface area contributed by atoms with Crippen LogP contribution in [-0.2, 0) is 6.42 Å². The van der Waals surface area contributed by atoms with E-state index in [1.807, 2.05) is 13.8 Å². The number of rotatable bonds is 2. The summed E-state index contributed by atoms with van der Waals surface area (Å²) in [5.41, 5.74) is 11.0. The number of nitrogens with two attached hydrogens (primary N) is 1. The van der Waals surface area contributed by atoms with E-state index in [2.05, 4.69) is 35.1 Å². The zero-order valence-electron chi connectivity index (χ0n) is 11.6. The number of benzene rings is 1. The third-order valence-corrected chi connectivity index (χ3v) is 5.11. The van der Waals surface area contributed by atoms with Crippen LogP contribution in [0.3, 0.4) is 0 Å². The summed E-state index contributed by atoms with van der Waals surface area (Å²) in [6.07, 6.45) is 1.13. The Morgan fingerprint density at radius 3 is 2.89 bits per heavy atom. The van der Waals surface area contributed by atoms with E-state index in [1.165, 1.54) is 21.7 Å². The molecular formula is C15H19N3S. The Morgan fingerprint density at radius 2 is 2.21 bits per heavy atom. The maximum absolute atomic E-state index is 5.98. The second-order valence-corrected chi connectivity index (χ2v) is 6.30. The Bertz CT molecular complexity index is 616. The van der Waals surface area contributed by atoms with Gasteiger partial charge in [-0.25, -0.2) is 4.98 Å². The summed E-state index contributed by atoms with van der Waals surface area (Å²) in [5, 5.41) is 1.09. The molecular weight excluding hydrogens is 254 g/mol. The second-order valence-electron chi connectivity index (χ2n) is 5.27. The van der Waals surface area contributed by atoms with Crippen LogP contribution in [0, 0.1) is 6.92 Å². The van der Waals surface area contributed by atoms with Crippen LogP contribution < -0.4 is 10.6 Å². The standard InChI is InChI=1S/C15H19N3S/c1-9(16)14-10(2)17-15(19-14)12-4-5-13-11(8-12)6-7-18(13)3/h4-5,8-9H,6-7,16H2,1-3H3. The topological polar surface area (TPSA) is 42.2 Å². The average Bonchev–Trinajstić information content (AvgIpc) is 2.93. The summed E-state index contributed by atoms with van der Waals surface area (Å²) in [6.45, 7) is 5.17. The summed E-state index contributed by atoms with van der Waals surface area (Å²) in [4.78, 5) is 8.16. The van der Waals surface area contributed by atoms with Crippen molar-refractivity contribution in [2.75, 3.05) is 18.5 Å². The Hall–Kier alpha value is -1.39. The van der Waals surface area contributed by atoms with Gasteiger partial charge in [0.25, 0.3) is 0 Å². The van der Waals surface area contributed by atoms with E-state index in [0.29, 0.717) is 0 Å². The summed E-state index contributed by atoms with van der Waals surface area (Å²) in [7, 11) is 2.15. The molecule has 3 nitrogen and oxygen atoms in total. The molecule has 1 aromatic heterocycles. The molecule has 3 rings (SSSR count). The molecule has 100 valence electrons. The number of likely N-dealkylation sites (N-methyl/N-ethyl adjacent to an activating group) is 1. The van der Waals surface area contributed by atoms with Gasteiger partial charge >= 0.3 is 0 Å². The number of anilines is 1. The molecule has 0 amide bonds. The highest BCUT2D eigenvalue weighted by molar-refractivity contribution is 7.15. The summed E-state index contributed by atoms with van der Waals surface area (Å²) in [5.74, 6) is 0. The minimum atomic E-state index is 0.0619. The molecule has 0 saturated carbocycles. The van der Waals surface area contributed by atoms with Gasteiger partial charge < -0.3 is 10.6 Å². The molecule has 2 N–H and O–H groups in total. The van der Waals surface area contributed by atoms with Gasteiger partial charge in [0.15, 0.2) is 0 Å². The molecule has 0 fully saturated rings. The molecule has 0 radical (unpaired) electrons. The minimum Gasteiger partial charge on any atom is -0.374 e. The molecule has 1 aliphatic rings. The van der Waals surface area contributed by atoms with Crippen LogP contribution in [0.25, 0.3) is 10.6 Å². The lowest BCUT2D eigenvalue weighted by Crippen LogP contribution is -2.12. The lowest BCUT2D eigenvalue weighted by molar-refractivity contribution is 0.825. The highest BCUT2D eigenvalue weighted by Gasteiger charge is 2.18. The van der Waals surface area contributed by atoms with Gasteiger partial charge in [0.1, 0.15) is 5.01 Å². The van der Waals surface area contributed by atoms with Gasteiger partial charge in [-0.3, -0.25) is 0 Å². The third-order valence-electron chi connectivity index (χ3n) is 3.70. The molecule has 1 aromatic carbocycles. The monoisotopic (exact) mass is 273 g/mol. The molecule has 0 bridgehead atoms. The molecule has 1 aliphatic heterocycles. The maximum Gasteiger partial charge on any atom is 0.123 e. The highest BCUT2D eigenvalue weighted by atomic mass is 32.1. The van der Waals surface area contributed by atoms with Crippen molar-refractivity contribution in [3.63, 3.8) is 0 Å². The number of fused-ring (bicyclic) bond motifs is 1. The van der Waals surface area contributed by atoms with E-state index >= 15 is 0 Å². The third kappa shape index (κ3) is 2.15. The Balaban J connectivity index is 2.01. The van der Waals surface area contributed by atoms with Crippen LogP contribution in [0.2, 0.25) is 0 Å². The lowest BCUT2D eigenvalue weighted by Gasteiger charge is -2.11. The van der Waals surface area contributed by atoms with E-state index in [9.17, 15) is 0 Å². The van der Waals surface area contributed by atoms with E-state index in [0.717, 1.165) is 23.7 Å². The van der Waals surface area contributed by atoms with Crippen molar-refractivity contribution >= 4 is 17.0 Å². The van der Waals surface area contributed by atoms with Gasteiger partial charge in [-0.2, -0.15) is 0 Å².